The van der Waals surface area contributed by atoms with E-state index in [1.807, 2.05) is 30.3 Å². The van der Waals surface area contributed by atoms with E-state index in [0.717, 1.165) is 55.5 Å². The van der Waals surface area contributed by atoms with Crippen LogP contribution in [0.5, 0.6) is 0 Å². The summed E-state index contributed by atoms with van der Waals surface area (Å²) in [6, 6.07) is 15.0. The summed E-state index contributed by atoms with van der Waals surface area (Å²) in [5, 5.41) is 10.0. The molecule has 1 atom stereocenters. The number of aryl methyl sites for hydroxylation is 1. The molecule has 0 aliphatic heterocycles. The number of anilines is 1. The maximum absolute atomic E-state index is 12.7. The highest BCUT2D eigenvalue weighted by Gasteiger charge is 2.24. The van der Waals surface area contributed by atoms with Crippen LogP contribution in [0.2, 0.25) is 0 Å². The Labute approximate surface area is 193 Å². The lowest BCUT2D eigenvalue weighted by atomic mass is 9.84. The van der Waals surface area contributed by atoms with E-state index in [2.05, 4.69) is 27.8 Å². The molecule has 1 saturated carbocycles. The fourth-order valence-electron chi connectivity index (χ4n) is 5.26. The molecule has 1 heterocycles. The van der Waals surface area contributed by atoms with Crippen LogP contribution in [0.1, 0.15) is 59.5 Å². The summed E-state index contributed by atoms with van der Waals surface area (Å²) in [6.07, 6.45) is 9.05. The molecule has 0 saturated heterocycles. The van der Waals surface area contributed by atoms with Crippen molar-refractivity contribution in [2.45, 2.75) is 63.5 Å². The molecule has 1 aromatic heterocycles. The molecule has 0 radical (unpaired) electrons. The molecule has 6 heteroatoms. The summed E-state index contributed by atoms with van der Waals surface area (Å²) in [6.45, 7) is 1.08. The summed E-state index contributed by atoms with van der Waals surface area (Å²) < 4.78 is 0. The maximum Gasteiger partial charge on any atom is 0.251 e. The first kappa shape index (κ1) is 21.4. The first-order valence-electron chi connectivity index (χ1n) is 11.9. The molecule has 3 aromatic rings. The van der Waals surface area contributed by atoms with Gasteiger partial charge in [-0.05, 0) is 86.7 Å². The fourth-order valence-corrected chi connectivity index (χ4v) is 6.21. The van der Waals surface area contributed by atoms with Crippen LogP contribution in [0, 0.1) is 5.92 Å². The van der Waals surface area contributed by atoms with Crippen molar-refractivity contribution in [2.75, 3.05) is 12.3 Å². The van der Waals surface area contributed by atoms with Gasteiger partial charge in [0, 0.05) is 22.5 Å². The van der Waals surface area contributed by atoms with Gasteiger partial charge in [-0.3, -0.25) is 4.79 Å². The van der Waals surface area contributed by atoms with E-state index in [0.29, 0.717) is 17.2 Å². The van der Waals surface area contributed by atoms with Gasteiger partial charge in [0.25, 0.3) is 5.91 Å². The topological polar surface area (TPSA) is 80.0 Å². The Bertz CT molecular complexity index is 1090. The van der Waals surface area contributed by atoms with Gasteiger partial charge in [0.2, 0.25) is 0 Å². The Morgan fingerprint density at radius 1 is 1.03 bits per heavy atom. The third-order valence-electron chi connectivity index (χ3n) is 7.14. The molecule has 5 nitrogen and oxygen atoms in total. The van der Waals surface area contributed by atoms with Crippen molar-refractivity contribution in [3.05, 3.63) is 58.6 Å². The number of thiazole rings is 1. The van der Waals surface area contributed by atoms with E-state index in [4.69, 9.17) is 5.73 Å². The van der Waals surface area contributed by atoms with Gasteiger partial charge in [0.05, 0.1) is 5.69 Å². The van der Waals surface area contributed by atoms with Crippen LogP contribution in [-0.2, 0) is 12.8 Å². The van der Waals surface area contributed by atoms with E-state index in [9.17, 15) is 4.79 Å². The van der Waals surface area contributed by atoms with Crippen LogP contribution >= 0.6 is 11.3 Å². The van der Waals surface area contributed by atoms with Crippen molar-refractivity contribution in [1.82, 2.24) is 15.6 Å². The lowest BCUT2D eigenvalue weighted by Gasteiger charge is -2.30. The number of benzene rings is 2. The average Bonchev–Trinajstić information content (AvgIpc) is 3.19. The summed E-state index contributed by atoms with van der Waals surface area (Å²) in [5.74, 6) is 0.816. The molecule has 1 fully saturated rings. The number of nitrogens with zero attached hydrogens (tertiary/aromatic N) is 1. The summed E-state index contributed by atoms with van der Waals surface area (Å²) >= 11 is 1.65. The van der Waals surface area contributed by atoms with E-state index in [-0.39, 0.29) is 5.91 Å². The molecular formula is C26H32N4OS. The molecule has 1 amide bonds. The fraction of sp³-hybridized carbons (Fsp3) is 0.462. The van der Waals surface area contributed by atoms with Crippen LogP contribution in [0.4, 0.5) is 5.13 Å². The van der Waals surface area contributed by atoms with Crippen molar-refractivity contribution in [3.8, 4) is 0 Å². The lowest BCUT2D eigenvalue weighted by Crippen LogP contribution is -2.39. The number of nitrogens with two attached hydrogens (primary N) is 1. The number of nitrogen functional groups attached to an aromatic ring is 1. The van der Waals surface area contributed by atoms with Crippen LogP contribution < -0.4 is 16.4 Å². The largest absolute Gasteiger partial charge is 0.375 e. The SMILES string of the molecule is Nc1nc2c(s1)C[C@@H](NCC[C@H]1CC[C@H](NC(=O)c3ccc4ccccc4c3)CC1)CC2. The predicted molar refractivity (Wildman–Crippen MR) is 132 cm³/mol. The van der Waals surface area contributed by atoms with Crippen molar-refractivity contribution in [3.63, 3.8) is 0 Å². The van der Waals surface area contributed by atoms with E-state index in [1.54, 1.807) is 11.3 Å². The van der Waals surface area contributed by atoms with Crippen LogP contribution in [0.15, 0.2) is 42.5 Å². The number of nitrogens with one attached hydrogen (secondary N) is 2. The Balaban J connectivity index is 1.04. The molecule has 0 spiro atoms. The van der Waals surface area contributed by atoms with Crippen molar-refractivity contribution < 1.29 is 4.79 Å². The maximum atomic E-state index is 12.7. The summed E-state index contributed by atoms with van der Waals surface area (Å²) in [7, 11) is 0. The normalized spacial score (nSPS) is 23.1. The van der Waals surface area contributed by atoms with Gasteiger partial charge in [-0.1, -0.05) is 30.3 Å². The minimum Gasteiger partial charge on any atom is -0.375 e. The Kier molecular flexibility index (Phi) is 6.42. The summed E-state index contributed by atoms with van der Waals surface area (Å²) in [5.41, 5.74) is 7.83. The number of amides is 1. The molecule has 168 valence electrons. The number of fused-ring (bicyclic) bond motifs is 2. The molecule has 0 unspecified atom stereocenters. The highest BCUT2D eigenvalue weighted by Crippen LogP contribution is 2.29. The van der Waals surface area contributed by atoms with Gasteiger partial charge >= 0.3 is 0 Å². The lowest BCUT2D eigenvalue weighted by molar-refractivity contribution is 0.0921. The van der Waals surface area contributed by atoms with Gasteiger partial charge in [0.1, 0.15) is 0 Å². The molecule has 5 rings (SSSR count). The highest BCUT2D eigenvalue weighted by atomic mass is 32.1. The van der Waals surface area contributed by atoms with Gasteiger partial charge in [0.15, 0.2) is 5.13 Å². The number of hydrogen-bond donors (Lipinski definition) is 3. The minimum absolute atomic E-state index is 0.0567. The van der Waals surface area contributed by atoms with Crippen molar-refractivity contribution in [2.24, 2.45) is 5.92 Å². The van der Waals surface area contributed by atoms with E-state index >= 15 is 0 Å². The second kappa shape index (κ2) is 9.59. The third kappa shape index (κ3) is 4.97. The zero-order chi connectivity index (χ0) is 21.9. The molecule has 0 bridgehead atoms. The number of carbonyl (C=O) groups excluding carboxylic acids is 1. The number of carbonyl (C=O) groups is 1. The number of aromatic nitrogens is 1. The van der Waals surface area contributed by atoms with Crippen LogP contribution in [0.3, 0.4) is 0 Å². The molecule has 2 aromatic carbocycles. The van der Waals surface area contributed by atoms with E-state index < -0.39 is 0 Å². The second-order valence-corrected chi connectivity index (χ2v) is 10.5. The first-order chi connectivity index (χ1) is 15.6. The summed E-state index contributed by atoms with van der Waals surface area (Å²) in [4.78, 5) is 18.5. The zero-order valence-corrected chi connectivity index (χ0v) is 19.3. The van der Waals surface area contributed by atoms with Crippen molar-refractivity contribution in [1.29, 1.82) is 0 Å². The molecule has 2 aliphatic rings. The van der Waals surface area contributed by atoms with Gasteiger partial charge < -0.3 is 16.4 Å². The molecular weight excluding hydrogens is 416 g/mol. The smallest absolute Gasteiger partial charge is 0.251 e. The Hall–Kier alpha value is -2.44. The minimum atomic E-state index is 0.0567. The predicted octanol–water partition coefficient (Wildman–Crippen LogP) is 4.70. The van der Waals surface area contributed by atoms with Crippen LogP contribution in [-0.4, -0.2) is 29.5 Å². The van der Waals surface area contributed by atoms with Crippen LogP contribution in [0.25, 0.3) is 10.8 Å². The van der Waals surface area contributed by atoms with Gasteiger partial charge in [-0.25, -0.2) is 4.98 Å². The Morgan fingerprint density at radius 2 is 1.84 bits per heavy atom. The third-order valence-corrected chi connectivity index (χ3v) is 8.08. The second-order valence-electron chi connectivity index (χ2n) is 9.36. The van der Waals surface area contributed by atoms with Gasteiger partial charge in [-0.15, -0.1) is 11.3 Å². The number of hydrogen-bond acceptors (Lipinski definition) is 5. The monoisotopic (exact) mass is 448 g/mol. The van der Waals surface area contributed by atoms with Crippen molar-refractivity contribution >= 4 is 33.1 Å². The number of rotatable bonds is 6. The Morgan fingerprint density at radius 3 is 2.69 bits per heavy atom. The zero-order valence-electron chi connectivity index (χ0n) is 18.5. The van der Waals surface area contributed by atoms with Gasteiger partial charge in [-0.2, -0.15) is 0 Å². The first-order valence-corrected chi connectivity index (χ1v) is 12.7. The molecule has 32 heavy (non-hydrogen) atoms. The average molecular weight is 449 g/mol. The quantitative estimate of drug-likeness (QED) is 0.510. The standard InChI is InChI=1S/C26H32N4OS/c27-26-30-23-12-11-22(16-24(23)32-26)28-14-13-17-5-9-21(10-6-17)29-25(31)20-8-7-18-3-1-2-4-19(18)15-20/h1-4,7-8,15,17,21-22,28H,5-6,9-14,16H2,(H2,27,30)(H,29,31)/t17-,21-,22-/m0/s1. The highest BCUT2D eigenvalue weighted by molar-refractivity contribution is 7.15. The van der Waals surface area contributed by atoms with E-state index in [1.165, 1.54) is 35.2 Å². The molecule has 4 N–H and O–H groups in total. The molecule has 2 aliphatic carbocycles.